The summed E-state index contributed by atoms with van der Waals surface area (Å²) in [5.41, 5.74) is 2.67. The van der Waals surface area contributed by atoms with E-state index in [9.17, 15) is 0 Å². The average Bonchev–Trinajstić information content (AvgIpc) is 2.45. The number of ether oxygens (including phenoxy) is 1. The van der Waals surface area contributed by atoms with Crippen LogP contribution in [0.3, 0.4) is 0 Å². The minimum atomic E-state index is 0.105. The summed E-state index contributed by atoms with van der Waals surface area (Å²) in [6.45, 7) is 9.55. The molecule has 0 fully saturated rings. The predicted molar refractivity (Wildman–Crippen MR) is 92.5 cm³/mol. The molecule has 0 radical (unpaired) electrons. The molecule has 0 N–H and O–H groups in total. The number of rotatable bonds is 5. The Labute approximate surface area is 132 Å². The van der Waals surface area contributed by atoms with Gasteiger partial charge in [0, 0.05) is 10.6 Å². The molecule has 2 aromatic rings. The van der Waals surface area contributed by atoms with E-state index in [1.165, 1.54) is 16.0 Å². The molecular weight excluding hydrogens is 276 g/mol. The summed E-state index contributed by atoms with van der Waals surface area (Å²) in [5.74, 6) is 1.98. The quantitative estimate of drug-likeness (QED) is 0.535. The van der Waals surface area contributed by atoms with Crippen molar-refractivity contribution >= 4 is 11.8 Å². The van der Waals surface area contributed by atoms with Gasteiger partial charge in [0.1, 0.15) is 5.75 Å². The highest BCUT2D eigenvalue weighted by Crippen LogP contribution is 2.32. The molecule has 0 aromatic heterocycles. The van der Waals surface area contributed by atoms with Gasteiger partial charge in [-0.2, -0.15) is 0 Å². The largest absolute Gasteiger partial charge is 0.492 e. The molecule has 2 aromatic carbocycles. The first-order valence-corrected chi connectivity index (χ1v) is 8.37. The van der Waals surface area contributed by atoms with E-state index < -0.39 is 0 Å². The van der Waals surface area contributed by atoms with Crippen molar-refractivity contribution in [2.75, 3.05) is 12.4 Å². The Morgan fingerprint density at radius 2 is 1.71 bits per heavy atom. The first kappa shape index (κ1) is 16.0. The topological polar surface area (TPSA) is 9.23 Å². The Morgan fingerprint density at radius 3 is 2.38 bits per heavy atom. The molecule has 0 heterocycles. The summed E-state index contributed by atoms with van der Waals surface area (Å²) in [6, 6.07) is 16.9. The smallest absolute Gasteiger partial charge is 0.123 e. The first-order chi connectivity index (χ1) is 9.97. The van der Waals surface area contributed by atoms with Crippen molar-refractivity contribution in [1.29, 1.82) is 0 Å². The molecule has 0 aliphatic carbocycles. The fraction of sp³-hybridized carbons (Fsp3) is 0.368. The first-order valence-electron chi connectivity index (χ1n) is 7.38. The Bertz CT molecular complexity index is 570. The van der Waals surface area contributed by atoms with E-state index in [1.807, 2.05) is 17.8 Å². The van der Waals surface area contributed by atoms with Gasteiger partial charge in [-0.15, -0.1) is 11.8 Å². The van der Waals surface area contributed by atoms with Crippen molar-refractivity contribution in [1.82, 2.24) is 0 Å². The van der Waals surface area contributed by atoms with Crippen LogP contribution in [-0.4, -0.2) is 12.4 Å². The van der Waals surface area contributed by atoms with E-state index in [1.54, 1.807) is 0 Å². The van der Waals surface area contributed by atoms with Crippen LogP contribution in [0.1, 0.15) is 31.9 Å². The highest BCUT2D eigenvalue weighted by molar-refractivity contribution is 7.99. The molecule has 1 nitrogen and oxygen atoms in total. The summed E-state index contributed by atoms with van der Waals surface area (Å²) >= 11 is 1.83. The third-order valence-electron chi connectivity index (χ3n) is 3.30. The molecule has 0 aliphatic heterocycles. The van der Waals surface area contributed by atoms with Crippen molar-refractivity contribution in [3.05, 3.63) is 59.7 Å². The molecule has 0 unspecified atom stereocenters. The standard InChI is InChI=1S/C19H24OS/c1-15-10-11-18(17(14-15)19(2,3)4)20-12-13-21-16-8-6-5-7-9-16/h5-11,14H,12-13H2,1-4H3. The molecule has 2 rings (SSSR count). The summed E-state index contributed by atoms with van der Waals surface area (Å²) in [5, 5.41) is 0. The molecule has 0 amide bonds. The van der Waals surface area contributed by atoms with Gasteiger partial charge in [-0.25, -0.2) is 0 Å². The van der Waals surface area contributed by atoms with Crippen molar-refractivity contribution in [3.8, 4) is 5.75 Å². The summed E-state index contributed by atoms with van der Waals surface area (Å²) in [7, 11) is 0. The van der Waals surface area contributed by atoms with Crippen LogP contribution >= 0.6 is 11.8 Å². The van der Waals surface area contributed by atoms with Crippen LogP contribution in [0.15, 0.2) is 53.4 Å². The maximum Gasteiger partial charge on any atom is 0.123 e. The second-order valence-corrected chi connectivity index (χ2v) is 7.43. The molecule has 2 heteroatoms. The normalized spacial score (nSPS) is 11.4. The lowest BCUT2D eigenvalue weighted by atomic mass is 9.85. The predicted octanol–water partition coefficient (Wildman–Crippen LogP) is 5.46. The second-order valence-electron chi connectivity index (χ2n) is 6.26. The SMILES string of the molecule is Cc1ccc(OCCSc2ccccc2)c(C(C)(C)C)c1. The van der Waals surface area contributed by atoms with Crippen LogP contribution in [0.2, 0.25) is 0 Å². The highest BCUT2D eigenvalue weighted by Gasteiger charge is 2.19. The number of thioether (sulfide) groups is 1. The fourth-order valence-electron chi connectivity index (χ4n) is 2.18. The van der Waals surface area contributed by atoms with Gasteiger partial charge >= 0.3 is 0 Å². The summed E-state index contributed by atoms with van der Waals surface area (Å²) in [4.78, 5) is 1.29. The Morgan fingerprint density at radius 1 is 1.00 bits per heavy atom. The highest BCUT2D eigenvalue weighted by atomic mass is 32.2. The summed E-state index contributed by atoms with van der Waals surface area (Å²) < 4.78 is 6.02. The lowest BCUT2D eigenvalue weighted by Gasteiger charge is -2.23. The van der Waals surface area contributed by atoms with E-state index in [4.69, 9.17) is 4.74 Å². The van der Waals surface area contributed by atoms with E-state index in [0.717, 1.165) is 18.1 Å². The van der Waals surface area contributed by atoms with Crippen LogP contribution < -0.4 is 4.74 Å². The van der Waals surface area contributed by atoms with Crippen LogP contribution in [0, 0.1) is 6.92 Å². The van der Waals surface area contributed by atoms with Crippen LogP contribution in [0.5, 0.6) is 5.75 Å². The molecule has 0 atom stereocenters. The molecule has 0 spiro atoms. The molecule has 0 bridgehead atoms. The van der Waals surface area contributed by atoms with E-state index in [2.05, 4.69) is 70.2 Å². The Balaban J connectivity index is 1.94. The second kappa shape index (κ2) is 7.04. The summed E-state index contributed by atoms with van der Waals surface area (Å²) in [6.07, 6.45) is 0. The van der Waals surface area contributed by atoms with Gasteiger partial charge in [0.05, 0.1) is 6.61 Å². The van der Waals surface area contributed by atoms with Crippen LogP contribution in [0.25, 0.3) is 0 Å². The zero-order valence-electron chi connectivity index (χ0n) is 13.3. The lowest BCUT2D eigenvalue weighted by molar-refractivity contribution is 0.333. The molecule has 21 heavy (non-hydrogen) atoms. The zero-order valence-corrected chi connectivity index (χ0v) is 14.2. The van der Waals surface area contributed by atoms with Gasteiger partial charge in [-0.05, 0) is 36.1 Å². The van der Waals surface area contributed by atoms with E-state index >= 15 is 0 Å². The van der Waals surface area contributed by atoms with Gasteiger partial charge in [0.2, 0.25) is 0 Å². The molecule has 0 saturated heterocycles. The van der Waals surface area contributed by atoms with Crippen molar-refractivity contribution < 1.29 is 4.74 Å². The van der Waals surface area contributed by atoms with Gasteiger partial charge in [0.15, 0.2) is 0 Å². The maximum atomic E-state index is 6.02. The van der Waals surface area contributed by atoms with E-state index in [0.29, 0.717) is 0 Å². The lowest BCUT2D eigenvalue weighted by Crippen LogP contribution is -2.14. The van der Waals surface area contributed by atoms with Gasteiger partial charge in [-0.3, -0.25) is 0 Å². The van der Waals surface area contributed by atoms with Crippen molar-refractivity contribution in [2.24, 2.45) is 0 Å². The number of aryl methyl sites for hydroxylation is 1. The van der Waals surface area contributed by atoms with Gasteiger partial charge in [0.25, 0.3) is 0 Å². The minimum Gasteiger partial charge on any atom is -0.492 e. The monoisotopic (exact) mass is 300 g/mol. The van der Waals surface area contributed by atoms with Crippen molar-refractivity contribution in [3.63, 3.8) is 0 Å². The third-order valence-corrected chi connectivity index (χ3v) is 4.27. The molecular formula is C19H24OS. The molecule has 112 valence electrons. The zero-order chi connectivity index (χ0) is 15.3. The third kappa shape index (κ3) is 4.82. The fourth-order valence-corrected chi connectivity index (χ4v) is 2.94. The number of hydrogen-bond donors (Lipinski definition) is 0. The van der Waals surface area contributed by atoms with Crippen molar-refractivity contribution in [2.45, 2.75) is 38.0 Å². The average molecular weight is 300 g/mol. The molecule has 0 aliphatic rings. The Hall–Kier alpha value is -1.41. The molecule has 0 saturated carbocycles. The maximum absolute atomic E-state index is 6.02. The van der Waals surface area contributed by atoms with Gasteiger partial charge < -0.3 is 4.74 Å². The minimum absolute atomic E-state index is 0.105. The van der Waals surface area contributed by atoms with Crippen LogP contribution in [-0.2, 0) is 5.41 Å². The number of benzene rings is 2. The van der Waals surface area contributed by atoms with E-state index in [-0.39, 0.29) is 5.41 Å². The van der Waals surface area contributed by atoms with Gasteiger partial charge in [-0.1, -0.05) is 56.7 Å². The van der Waals surface area contributed by atoms with Crippen LogP contribution in [0.4, 0.5) is 0 Å². The number of hydrogen-bond acceptors (Lipinski definition) is 2. The Kier molecular flexibility index (Phi) is 5.35.